The average Bonchev–Trinajstić information content (AvgIpc) is 2.40. The fourth-order valence-electron chi connectivity index (χ4n) is 4.74. The smallest absolute Gasteiger partial charge is 0.0292 e. The summed E-state index contributed by atoms with van der Waals surface area (Å²) in [5.74, 6) is 3.85. The lowest BCUT2D eigenvalue weighted by Crippen LogP contribution is -2.26. The van der Waals surface area contributed by atoms with Crippen LogP contribution < -0.4 is 0 Å². The Hall–Kier alpha value is 0. The van der Waals surface area contributed by atoms with Gasteiger partial charge in [0.05, 0.1) is 0 Å². The standard InChI is InChI=1S/C16H32/c1-7-10-13-12(4)15(11-8-2)16(5,6)14(13)9-3/h12-15H,7-11H2,1-6H3. The van der Waals surface area contributed by atoms with Crippen LogP contribution in [0.15, 0.2) is 0 Å². The zero-order chi connectivity index (χ0) is 12.3. The van der Waals surface area contributed by atoms with Gasteiger partial charge < -0.3 is 0 Å². The molecule has 0 amide bonds. The summed E-state index contributed by atoms with van der Waals surface area (Å²) in [4.78, 5) is 0. The summed E-state index contributed by atoms with van der Waals surface area (Å²) in [5.41, 5.74) is 0.573. The van der Waals surface area contributed by atoms with Gasteiger partial charge in [-0.15, -0.1) is 0 Å². The van der Waals surface area contributed by atoms with Gasteiger partial charge in [0.2, 0.25) is 0 Å². The molecule has 1 fully saturated rings. The van der Waals surface area contributed by atoms with E-state index in [0.29, 0.717) is 5.41 Å². The second kappa shape index (κ2) is 5.56. The van der Waals surface area contributed by atoms with E-state index in [9.17, 15) is 0 Å². The van der Waals surface area contributed by atoms with Gasteiger partial charge in [-0.3, -0.25) is 0 Å². The first-order valence-electron chi connectivity index (χ1n) is 7.50. The Kier molecular flexibility index (Phi) is 4.88. The lowest BCUT2D eigenvalue weighted by Gasteiger charge is -2.34. The SMILES string of the molecule is CCCC1C(C)C(CCC)C(C)(C)C1CC. The van der Waals surface area contributed by atoms with Crippen LogP contribution in [-0.4, -0.2) is 0 Å². The van der Waals surface area contributed by atoms with Crippen LogP contribution in [-0.2, 0) is 0 Å². The lowest BCUT2D eigenvalue weighted by atomic mass is 9.71. The van der Waals surface area contributed by atoms with E-state index in [1.165, 1.54) is 32.1 Å². The van der Waals surface area contributed by atoms with Gasteiger partial charge in [0.15, 0.2) is 0 Å². The summed E-state index contributed by atoms with van der Waals surface area (Å²) < 4.78 is 0. The van der Waals surface area contributed by atoms with Crippen LogP contribution in [0.1, 0.15) is 73.6 Å². The van der Waals surface area contributed by atoms with Gasteiger partial charge in [-0.2, -0.15) is 0 Å². The van der Waals surface area contributed by atoms with E-state index in [1.54, 1.807) is 0 Å². The first kappa shape index (κ1) is 14.1. The second-order valence-corrected chi connectivity index (χ2v) is 6.54. The van der Waals surface area contributed by atoms with E-state index in [0.717, 1.165) is 23.7 Å². The lowest BCUT2D eigenvalue weighted by molar-refractivity contribution is 0.150. The molecule has 1 rings (SSSR count). The first-order valence-corrected chi connectivity index (χ1v) is 7.50. The fourth-order valence-corrected chi connectivity index (χ4v) is 4.74. The molecule has 0 heterocycles. The van der Waals surface area contributed by atoms with Gasteiger partial charge in [0, 0.05) is 0 Å². The third kappa shape index (κ3) is 2.31. The topological polar surface area (TPSA) is 0 Å². The van der Waals surface area contributed by atoms with Gasteiger partial charge in [0.1, 0.15) is 0 Å². The third-order valence-electron chi connectivity index (χ3n) is 5.40. The zero-order valence-corrected chi connectivity index (χ0v) is 12.3. The number of hydrogen-bond acceptors (Lipinski definition) is 0. The molecule has 0 N–H and O–H groups in total. The Morgan fingerprint density at radius 1 is 0.875 bits per heavy atom. The summed E-state index contributed by atoms with van der Waals surface area (Å²) in [7, 11) is 0. The minimum Gasteiger partial charge on any atom is -0.0654 e. The summed E-state index contributed by atoms with van der Waals surface area (Å²) in [5, 5.41) is 0. The zero-order valence-electron chi connectivity index (χ0n) is 12.3. The number of rotatable bonds is 5. The van der Waals surface area contributed by atoms with Crippen molar-refractivity contribution < 1.29 is 0 Å². The molecule has 0 bridgehead atoms. The molecule has 0 nitrogen and oxygen atoms in total. The molecule has 1 saturated carbocycles. The molecule has 1 aliphatic rings. The largest absolute Gasteiger partial charge is 0.0654 e. The maximum atomic E-state index is 2.54. The van der Waals surface area contributed by atoms with Crippen LogP contribution in [0.25, 0.3) is 0 Å². The van der Waals surface area contributed by atoms with E-state index >= 15 is 0 Å². The van der Waals surface area contributed by atoms with Crippen molar-refractivity contribution in [3.63, 3.8) is 0 Å². The average molecular weight is 224 g/mol. The number of hydrogen-bond donors (Lipinski definition) is 0. The van der Waals surface area contributed by atoms with E-state index in [2.05, 4.69) is 41.5 Å². The maximum Gasteiger partial charge on any atom is -0.0292 e. The monoisotopic (exact) mass is 224 g/mol. The minimum absolute atomic E-state index is 0.573. The van der Waals surface area contributed by atoms with E-state index in [4.69, 9.17) is 0 Å². The van der Waals surface area contributed by atoms with Gasteiger partial charge in [-0.25, -0.2) is 0 Å². The van der Waals surface area contributed by atoms with Gasteiger partial charge in [0.25, 0.3) is 0 Å². The third-order valence-corrected chi connectivity index (χ3v) is 5.40. The summed E-state index contributed by atoms with van der Waals surface area (Å²) in [6, 6.07) is 0. The maximum absolute atomic E-state index is 2.54. The van der Waals surface area contributed by atoms with Crippen LogP contribution >= 0.6 is 0 Å². The van der Waals surface area contributed by atoms with Crippen molar-refractivity contribution in [3.8, 4) is 0 Å². The molecule has 0 heteroatoms. The molecule has 0 radical (unpaired) electrons. The Bertz CT molecular complexity index is 200. The summed E-state index contributed by atoms with van der Waals surface area (Å²) in [6.07, 6.45) is 6.98. The predicted octanol–water partition coefficient (Wildman–Crippen LogP) is 5.52. The molecule has 96 valence electrons. The van der Waals surface area contributed by atoms with E-state index in [-0.39, 0.29) is 0 Å². The molecule has 0 aromatic carbocycles. The predicted molar refractivity (Wildman–Crippen MR) is 73.5 cm³/mol. The molecule has 0 aromatic heterocycles. The van der Waals surface area contributed by atoms with Crippen molar-refractivity contribution in [2.45, 2.75) is 73.6 Å². The molecule has 16 heavy (non-hydrogen) atoms. The van der Waals surface area contributed by atoms with E-state index < -0.39 is 0 Å². The van der Waals surface area contributed by atoms with Crippen molar-refractivity contribution in [2.75, 3.05) is 0 Å². The highest BCUT2D eigenvalue weighted by Gasteiger charge is 2.50. The van der Waals surface area contributed by atoms with E-state index in [1.807, 2.05) is 0 Å². The molecule has 4 unspecified atom stereocenters. The molecule has 0 aliphatic heterocycles. The van der Waals surface area contributed by atoms with Gasteiger partial charge in [-0.1, -0.05) is 67.2 Å². The molecular formula is C16H32. The highest BCUT2D eigenvalue weighted by Crippen LogP contribution is 2.57. The van der Waals surface area contributed by atoms with Crippen molar-refractivity contribution in [3.05, 3.63) is 0 Å². The first-order chi connectivity index (χ1) is 7.50. The molecule has 1 aliphatic carbocycles. The van der Waals surface area contributed by atoms with Crippen LogP contribution in [0.5, 0.6) is 0 Å². The van der Waals surface area contributed by atoms with Crippen LogP contribution in [0, 0.1) is 29.1 Å². The Morgan fingerprint density at radius 2 is 1.44 bits per heavy atom. The highest BCUT2D eigenvalue weighted by molar-refractivity contribution is 4.99. The van der Waals surface area contributed by atoms with Crippen LogP contribution in [0.4, 0.5) is 0 Å². The molecule has 0 saturated heterocycles. The summed E-state index contributed by atoms with van der Waals surface area (Å²) >= 11 is 0. The Labute approximate surface area is 103 Å². The summed E-state index contributed by atoms with van der Waals surface area (Å²) in [6.45, 7) is 14.7. The van der Waals surface area contributed by atoms with Crippen molar-refractivity contribution in [2.24, 2.45) is 29.1 Å². The second-order valence-electron chi connectivity index (χ2n) is 6.54. The fraction of sp³-hybridized carbons (Fsp3) is 1.00. The highest BCUT2D eigenvalue weighted by atomic mass is 14.6. The molecule has 0 spiro atoms. The van der Waals surface area contributed by atoms with Gasteiger partial charge >= 0.3 is 0 Å². The van der Waals surface area contributed by atoms with Gasteiger partial charge in [-0.05, 0) is 35.5 Å². The minimum atomic E-state index is 0.573. The van der Waals surface area contributed by atoms with Crippen LogP contribution in [0.3, 0.4) is 0 Å². The Balaban J connectivity index is 2.89. The molecule has 0 aromatic rings. The van der Waals surface area contributed by atoms with Crippen LogP contribution in [0.2, 0.25) is 0 Å². The normalized spacial score (nSPS) is 37.9. The van der Waals surface area contributed by atoms with Crippen molar-refractivity contribution in [1.82, 2.24) is 0 Å². The quantitative estimate of drug-likeness (QED) is 0.576. The van der Waals surface area contributed by atoms with Crippen molar-refractivity contribution in [1.29, 1.82) is 0 Å². The Morgan fingerprint density at radius 3 is 1.88 bits per heavy atom. The van der Waals surface area contributed by atoms with Crippen molar-refractivity contribution >= 4 is 0 Å². The molecule has 4 atom stereocenters. The molecular weight excluding hydrogens is 192 g/mol.